The number of halogens is 3. The van der Waals surface area contributed by atoms with Crippen LogP contribution in [0.2, 0.25) is 0 Å². The maximum Gasteiger partial charge on any atom is 0.416 e. The quantitative estimate of drug-likeness (QED) is 0.755. The van der Waals surface area contributed by atoms with Gasteiger partial charge in [-0.3, -0.25) is 4.79 Å². The molecule has 0 unspecified atom stereocenters. The number of alkyl halides is 3. The van der Waals surface area contributed by atoms with E-state index in [1.54, 1.807) is 0 Å². The zero-order chi connectivity index (χ0) is 19.2. The smallest absolute Gasteiger partial charge is 0.416 e. The highest BCUT2D eigenvalue weighted by Crippen LogP contribution is 2.31. The molecule has 7 heteroatoms. The number of ether oxygens (including phenoxy) is 2. The lowest BCUT2D eigenvalue weighted by atomic mass is 10.1. The Morgan fingerprint density at radius 1 is 1.00 bits per heavy atom. The molecular formula is C19H20F3NO3. The van der Waals surface area contributed by atoms with Crippen LogP contribution in [0.5, 0.6) is 11.5 Å². The van der Waals surface area contributed by atoms with Gasteiger partial charge in [0.25, 0.3) is 5.91 Å². The summed E-state index contributed by atoms with van der Waals surface area (Å²) in [5.74, 6) is 0.371. The Balaban J connectivity index is 1.72. The standard InChI is InChI=1S/C19H20F3NO3/c1-13-8-14(2)10-17(9-13)26-12-18(24)23-6-7-25-16-5-3-4-15(11-16)19(20,21)22/h3-5,8-11H,6-7,12H2,1-2H3,(H,23,24). The number of carbonyl (C=O) groups is 1. The Labute approximate surface area is 149 Å². The van der Waals surface area contributed by atoms with Crippen LogP contribution in [0, 0.1) is 13.8 Å². The van der Waals surface area contributed by atoms with Crippen molar-refractivity contribution < 1.29 is 27.4 Å². The molecule has 1 N–H and O–H groups in total. The van der Waals surface area contributed by atoms with Crippen molar-refractivity contribution in [3.8, 4) is 11.5 Å². The van der Waals surface area contributed by atoms with Gasteiger partial charge in [0, 0.05) is 0 Å². The van der Waals surface area contributed by atoms with Crippen LogP contribution in [0.15, 0.2) is 42.5 Å². The summed E-state index contributed by atoms with van der Waals surface area (Å²) in [6, 6.07) is 10.3. The summed E-state index contributed by atoms with van der Waals surface area (Å²) >= 11 is 0. The molecule has 4 nitrogen and oxygen atoms in total. The maximum atomic E-state index is 12.6. The van der Waals surface area contributed by atoms with Crippen molar-refractivity contribution >= 4 is 5.91 Å². The minimum absolute atomic E-state index is 0.0522. The molecule has 0 radical (unpaired) electrons. The van der Waals surface area contributed by atoms with Gasteiger partial charge in [-0.1, -0.05) is 12.1 Å². The van der Waals surface area contributed by atoms with E-state index < -0.39 is 11.7 Å². The molecule has 0 fully saturated rings. The van der Waals surface area contributed by atoms with Gasteiger partial charge in [-0.2, -0.15) is 13.2 Å². The van der Waals surface area contributed by atoms with Crippen LogP contribution in [-0.4, -0.2) is 25.7 Å². The summed E-state index contributed by atoms with van der Waals surface area (Å²) in [7, 11) is 0. The first-order valence-corrected chi connectivity index (χ1v) is 8.02. The number of hydrogen-bond donors (Lipinski definition) is 1. The molecule has 2 aromatic carbocycles. The molecule has 1 amide bonds. The van der Waals surface area contributed by atoms with Crippen molar-refractivity contribution in [3.05, 3.63) is 59.2 Å². The number of rotatable bonds is 7. The zero-order valence-corrected chi connectivity index (χ0v) is 14.5. The van der Waals surface area contributed by atoms with Crippen LogP contribution in [0.3, 0.4) is 0 Å². The van der Waals surface area contributed by atoms with E-state index in [0.29, 0.717) is 5.75 Å². The fourth-order valence-electron chi connectivity index (χ4n) is 2.34. The SMILES string of the molecule is Cc1cc(C)cc(OCC(=O)NCCOc2cccc(C(F)(F)F)c2)c1. The summed E-state index contributed by atoms with van der Waals surface area (Å²) < 4.78 is 48.5. The molecule has 0 aromatic heterocycles. The summed E-state index contributed by atoms with van der Waals surface area (Å²) in [5, 5.41) is 2.59. The van der Waals surface area contributed by atoms with Crippen LogP contribution in [0.25, 0.3) is 0 Å². The number of benzene rings is 2. The molecule has 0 heterocycles. The Hall–Kier alpha value is -2.70. The number of hydrogen-bond acceptors (Lipinski definition) is 3. The van der Waals surface area contributed by atoms with Crippen molar-refractivity contribution in [3.63, 3.8) is 0 Å². The first-order valence-electron chi connectivity index (χ1n) is 8.02. The first kappa shape index (κ1) is 19.6. The predicted octanol–water partition coefficient (Wildman–Crippen LogP) is 3.90. The van der Waals surface area contributed by atoms with Gasteiger partial charge < -0.3 is 14.8 Å². The van der Waals surface area contributed by atoms with Crippen LogP contribution >= 0.6 is 0 Å². The van der Waals surface area contributed by atoms with E-state index in [4.69, 9.17) is 9.47 Å². The third-order valence-corrected chi connectivity index (χ3v) is 3.42. The fraction of sp³-hybridized carbons (Fsp3) is 0.316. The Kier molecular flexibility index (Phi) is 6.49. The van der Waals surface area contributed by atoms with E-state index >= 15 is 0 Å². The van der Waals surface area contributed by atoms with E-state index in [1.165, 1.54) is 12.1 Å². The molecule has 0 bridgehead atoms. The molecule has 2 aromatic rings. The Bertz CT molecular complexity index is 740. The normalized spacial score (nSPS) is 11.1. The molecule has 0 aliphatic carbocycles. The monoisotopic (exact) mass is 367 g/mol. The maximum absolute atomic E-state index is 12.6. The highest BCUT2D eigenvalue weighted by molar-refractivity contribution is 5.77. The first-order chi connectivity index (χ1) is 12.2. The summed E-state index contributed by atoms with van der Waals surface area (Å²) in [6.45, 7) is 3.93. The molecule has 0 saturated heterocycles. The van der Waals surface area contributed by atoms with Crippen molar-refractivity contribution in [2.45, 2.75) is 20.0 Å². The predicted molar refractivity (Wildman–Crippen MR) is 91.4 cm³/mol. The van der Waals surface area contributed by atoms with Gasteiger partial charge in [-0.25, -0.2) is 0 Å². The van der Waals surface area contributed by atoms with Gasteiger partial charge in [0.2, 0.25) is 0 Å². The van der Waals surface area contributed by atoms with E-state index in [9.17, 15) is 18.0 Å². The van der Waals surface area contributed by atoms with Crippen LogP contribution in [-0.2, 0) is 11.0 Å². The Morgan fingerprint density at radius 3 is 2.35 bits per heavy atom. The molecule has 0 aliphatic heterocycles. The minimum atomic E-state index is -4.42. The van der Waals surface area contributed by atoms with Gasteiger partial charge >= 0.3 is 6.18 Å². The third kappa shape index (κ3) is 6.31. The lowest BCUT2D eigenvalue weighted by molar-refractivity contribution is -0.137. The summed E-state index contributed by atoms with van der Waals surface area (Å²) in [4.78, 5) is 11.7. The molecule has 0 atom stereocenters. The molecule has 140 valence electrons. The molecule has 2 rings (SSSR count). The van der Waals surface area contributed by atoms with E-state index in [0.717, 1.165) is 23.3 Å². The van der Waals surface area contributed by atoms with Gasteiger partial charge in [-0.05, 0) is 55.3 Å². The minimum Gasteiger partial charge on any atom is -0.492 e. The van der Waals surface area contributed by atoms with Gasteiger partial charge in [-0.15, -0.1) is 0 Å². The zero-order valence-electron chi connectivity index (χ0n) is 14.5. The lowest BCUT2D eigenvalue weighted by Crippen LogP contribution is -2.32. The van der Waals surface area contributed by atoms with Crippen LogP contribution < -0.4 is 14.8 Å². The van der Waals surface area contributed by atoms with Crippen LogP contribution in [0.1, 0.15) is 16.7 Å². The second kappa shape index (κ2) is 8.60. The second-order valence-electron chi connectivity index (χ2n) is 5.84. The van der Waals surface area contributed by atoms with Crippen LogP contribution in [0.4, 0.5) is 13.2 Å². The number of nitrogens with one attached hydrogen (secondary N) is 1. The average molecular weight is 367 g/mol. The van der Waals surface area contributed by atoms with Crippen molar-refractivity contribution in [1.29, 1.82) is 0 Å². The van der Waals surface area contributed by atoms with Gasteiger partial charge in [0.05, 0.1) is 12.1 Å². The molecule has 0 aliphatic rings. The summed E-state index contributed by atoms with van der Waals surface area (Å²) in [5.41, 5.74) is 1.30. The highest BCUT2D eigenvalue weighted by atomic mass is 19.4. The number of amides is 1. The van der Waals surface area contributed by atoms with Crippen molar-refractivity contribution in [1.82, 2.24) is 5.32 Å². The van der Waals surface area contributed by atoms with E-state index in [-0.39, 0.29) is 31.4 Å². The fourth-order valence-corrected chi connectivity index (χ4v) is 2.34. The van der Waals surface area contributed by atoms with Gasteiger partial charge in [0.15, 0.2) is 6.61 Å². The van der Waals surface area contributed by atoms with Crippen molar-refractivity contribution in [2.24, 2.45) is 0 Å². The molecular weight excluding hydrogens is 347 g/mol. The third-order valence-electron chi connectivity index (χ3n) is 3.42. The number of carbonyl (C=O) groups excluding carboxylic acids is 1. The highest BCUT2D eigenvalue weighted by Gasteiger charge is 2.30. The Morgan fingerprint density at radius 2 is 1.69 bits per heavy atom. The van der Waals surface area contributed by atoms with Gasteiger partial charge in [0.1, 0.15) is 18.1 Å². The molecule has 26 heavy (non-hydrogen) atoms. The van der Waals surface area contributed by atoms with Crippen molar-refractivity contribution in [2.75, 3.05) is 19.8 Å². The lowest BCUT2D eigenvalue weighted by Gasteiger charge is -2.11. The number of aryl methyl sites for hydroxylation is 2. The van der Waals surface area contributed by atoms with E-state index in [2.05, 4.69) is 5.32 Å². The largest absolute Gasteiger partial charge is 0.492 e. The summed E-state index contributed by atoms with van der Waals surface area (Å²) in [6.07, 6.45) is -4.42. The topological polar surface area (TPSA) is 47.6 Å². The molecule has 0 saturated carbocycles. The second-order valence-corrected chi connectivity index (χ2v) is 5.84. The van der Waals surface area contributed by atoms with E-state index in [1.807, 2.05) is 32.0 Å². The molecule has 0 spiro atoms. The average Bonchev–Trinajstić information content (AvgIpc) is 2.55.